The molecule has 0 spiro atoms. The van der Waals surface area contributed by atoms with Crippen molar-refractivity contribution in [2.45, 2.75) is 19.4 Å². The maximum absolute atomic E-state index is 12.1. The van der Waals surface area contributed by atoms with Crippen molar-refractivity contribution in [1.82, 2.24) is 5.32 Å². The number of nitrogens with one attached hydrogen (secondary N) is 1. The number of aryl methyl sites for hydroxylation is 1. The number of carbonyl (C=O) groups excluding carboxylic acids is 1. The van der Waals surface area contributed by atoms with Crippen molar-refractivity contribution < 1.29 is 27.8 Å². The average molecular weight is 365 g/mol. The van der Waals surface area contributed by atoms with E-state index in [0.29, 0.717) is 5.56 Å². The average Bonchev–Trinajstić information content (AvgIpc) is 2.81. The maximum atomic E-state index is 12.1. The number of carbonyl (C=O) groups is 1. The smallest absolute Gasteiger partial charge is 0.340 e. The maximum Gasteiger partial charge on any atom is 0.340 e. The highest BCUT2D eigenvalue weighted by Gasteiger charge is 2.24. The lowest BCUT2D eigenvalue weighted by Crippen LogP contribution is -2.37. The lowest BCUT2D eigenvalue weighted by atomic mass is 10.0. The normalized spacial score (nSPS) is 18.5. The van der Waals surface area contributed by atoms with Crippen molar-refractivity contribution in [3.8, 4) is 11.5 Å². The first-order valence-corrected chi connectivity index (χ1v) is 9.06. The fourth-order valence-electron chi connectivity index (χ4n) is 2.80. The summed E-state index contributed by atoms with van der Waals surface area (Å²) in [6, 6.07) is 1.66. The Morgan fingerprint density at radius 1 is 1.36 bits per heavy atom. The van der Waals surface area contributed by atoms with Crippen molar-refractivity contribution in [3.05, 3.63) is 45.2 Å². The van der Waals surface area contributed by atoms with E-state index in [1.807, 2.05) is 0 Å². The molecule has 0 unspecified atom stereocenters. The summed E-state index contributed by atoms with van der Waals surface area (Å²) in [4.78, 5) is 24.3. The second kappa shape index (κ2) is 5.92. The van der Waals surface area contributed by atoms with Gasteiger partial charge in [0, 0.05) is 17.5 Å². The molecule has 0 fully saturated rings. The molecule has 0 bridgehead atoms. The number of fused-ring (bicyclic) bond motifs is 1. The third kappa shape index (κ3) is 3.36. The largest absolute Gasteiger partial charge is 0.508 e. The third-order valence-electron chi connectivity index (χ3n) is 3.96. The van der Waals surface area contributed by atoms with Crippen LogP contribution >= 0.6 is 0 Å². The summed E-state index contributed by atoms with van der Waals surface area (Å²) >= 11 is 0. The van der Waals surface area contributed by atoms with Gasteiger partial charge in [-0.1, -0.05) is 0 Å². The van der Waals surface area contributed by atoms with Gasteiger partial charge in [0.2, 0.25) is 5.91 Å². The van der Waals surface area contributed by atoms with Gasteiger partial charge in [0.1, 0.15) is 17.1 Å². The van der Waals surface area contributed by atoms with Crippen molar-refractivity contribution in [1.29, 1.82) is 0 Å². The zero-order valence-electron chi connectivity index (χ0n) is 13.1. The molecule has 1 amide bonds. The zero-order chi connectivity index (χ0) is 18.4. The molecule has 25 heavy (non-hydrogen) atoms. The molecule has 2 aromatic rings. The van der Waals surface area contributed by atoms with Gasteiger partial charge in [-0.2, -0.15) is 0 Å². The highest BCUT2D eigenvalue weighted by molar-refractivity contribution is 7.94. The molecule has 1 aromatic carbocycles. The Morgan fingerprint density at radius 2 is 2.08 bits per heavy atom. The van der Waals surface area contributed by atoms with Crippen LogP contribution in [0.1, 0.15) is 11.1 Å². The molecular formula is C16H15NO7S. The Balaban J connectivity index is 1.90. The summed E-state index contributed by atoms with van der Waals surface area (Å²) in [7, 11) is -3.30. The molecular weight excluding hydrogens is 350 g/mol. The van der Waals surface area contributed by atoms with Crippen LogP contribution in [0.3, 0.4) is 0 Å². The van der Waals surface area contributed by atoms with Crippen LogP contribution in [0, 0.1) is 6.92 Å². The lowest BCUT2D eigenvalue weighted by Gasteiger charge is -2.12. The summed E-state index contributed by atoms with van der Waals surface area (Å²) in [5, 5.41) is 23.2. The molecule has 1 aliphatic heterocycles. The van der Waals surface area contributed by atoms with E-state index in [1.165, 1.54) is 12.1 Å². The summed E-state index contributed by atoms with van der Waals surface area (Å²) in [5.41, 5.74) is -0.349. The first-order chi connectivity index (χ1) is 11.7. The molecule has 3 N–H and O–H groups in total. The van der Waals surface area contributed by atoms with Crippen molar-refractivity contribution in [3.63, 3.8) is 0 Å². The lowest BCUT2D eigenvalue weighted by molar-refractivity contribution is -0.120. The van der Waals surface area contributed by atoms with Gasteiger partial charge in [-0.3, -0.25) is 4.79 Å². The van der Waals surface area contributed by atoms with Gasteiger partial charge in [-0.25, -0.2) is 13.2 Å². The number of phenolic OH excluding ortho intramolecular Hbond substituents is 2. The van der Waals surface area contributed by atoms with Crippen LogP contribution in [0.2, 0.25) is 0 Å². The molecule has 1 aliphatic rings. The van der Waals surface area contributed by atoms with Crippen molar-refractivity contribution in [2.75, 3.05) is 5.75 Å². The van der Waals surface area contributed by atoms with Crippen LogP contribution in [0.15, 0.2) is 32.8 Å². The molecule has 1 atom stereocenters. The number of amides is 1. The first-order valence-electron chi connectivity index (χ1n) is 7.35. The second-order valence-electron chi connectivity index (χ2n) is 5.84. The number of hydrogen-bond acceptors (Lipinski definition) is 7. The summed E-state index contributed by atoms with van der Waals surface area (Å²) in [6.45, 7) is 1.55. The van der Waals surface area contributed by atoms with Crippen LogP contribution in [0.5, 0.6) is 11.5 Å². The minimum Gasteiger partial charge on any atom is -0.508 e. The minimum absolute atomic E-state index is 0.00831. The van der Waals surface area contributed by atoms with Crippen LogP contribution in [0.4, 0.5) is 0 Å². The Morgan fingerprint density at radius 3 is 2.72 bits per heavy atom. The molecule has 132 valence electrons. The number of benzene rings is 1. The Hall–Kier alpha value is -2.81. The highest BCUT2D eigenvalue weighted by atomic mass is 32.2. The molecule has 9 heteroatoms. The predicted molar refractivity (Wildman–Crippen MR) is 89.1 cm³/mol. The third-order valence-corrected chi connectivity index (χ3v) is 5.35. The molecule has 2 heterocycles. The van der Waals surface area contributed by atoms with Gasteiger partial charge in [0.05, 0.1) is 29.2 Å². The van der Waals surface area contributed by atoms with Gasteiger partial charge >= 0.3 is 5.63 Å². The minimum atomic E-state index is -3.30. The quantitative estimate of drug-likeness (QED) is 0.674. The Kier molecular flexibility index (Phi) is 4.03. The van der Waals surface area contributed by atoms with E-state index in [-0.39, 0.29) is 40.2 Å². The molecule has 1 aromatic heterocycles. The zero-order valence-corrected chi connectivity index (χ0v) is 14.0. The van der Waals surface area contributed by atoms with Gasteiger partial charge in [0.15, 0.2) is 9.84 Å². The van der Waals surface area contributed by atoms with E-state index in [1.54, 1.807) is 6.92 Å². The molecule has 0 saturated carbocycles. The predicted octanol–water partition coefficient (Wildman–Crippen LogP) is 0.482. The fourth-order valence-corrected chi connectivity index (χ4v) is 4.03. The Labute approximate surface area is 142 Å². The monoisotopic (exact) mass is 365 g/mol. The van der Waals surface area contributed by atoms with Crippen LogP contribution in [-0.4, -0.2) is 36.3 Å². The van der Waals surface area contributed by atoms with E-state index in [2.05, 4.69) is 5.32 Å². The van der Waals surface area contributed by atoms with E-state index in [9.17, 15) is 28.2 Å². The molecule has 8 nitrogen and oxygen atoms in total. The van der Waals surface area contributed by atoms with Gasteiger partial charge in [-0.05, 0) is 18.6 Å². The Bertz CT molecular complexity index is 1070. The molecule has 3 rings (SSSR count). The van der Waals surface area contributed by atoms with Crippen LogP contribution in [0.25, 0.3) is 11.0 Å². The SMILES string of the molecule is Cc1c(CC(=O)N[C@@H]2C=CS(=O)(=O)C2)c(=O)oc2cc(O)cc(O)c12. The highest BCUT2D eigenvalue weighted by Crippen LogP contribution is 2.32. The van der Waals surface area contributed by atoms with E-state index < -0.39 is 27.4 Å². The van der Waals surface area contributed by atoms with Crippen LogP contribution in [-0.2, 0) is 21.1 Å². The van der Waals surface area contributed by atoms with Crippen molar-refractivity contribution in [2.24, 2.45) is 0 Å². The van der Waals surface area contributed by atoms with Gasteiger partial charge < -0.3 is 19.9 Å². The summed E-state index contributed by atoms with van der Waals surface area (Å²) < 4.78 is 27.8. The number of hydrogen-bond donors (Lipinski definition) is 3. The van der Waals surface area contributed by atoms with E-state index in [4.69, 9.17) is 4.42 Å². The summed E-state index contributed by atoms with van der Waals surface area (Å²) in [5.74, 6) is -1.29. The van der Waals surface area contributed by atoms with E-state index in [0.717, 1.165) is 11.5 Å². The van der Waals surface area contributed by atoms with E-state index >= 15 is 0 Å². The van der Waals surface area contributed by atoms with Crippen molar-refractivity contribution >= 4 is 26.7 Å². The topological polar surface area (TPSA) is 134 Å². The summed E-state index contributed by atoms with van der Waals surface area (Å²) in [6.07, 6.45) is 1.05. The molecule has 0 radical (unpaired) electrons. The standard InChI is InChI=1S/C16H15NO7S/c1-8-11(6-14(20)17-9-2-3-25(22,23)7-9)16(21)24-13-5-10(18)4-12(19)15(8)13/h2-5,9,18-19H,6-7H2,1H3,(H,17,20)/t9-/m1/s1. The molecule has 0 aliphatic carbocycles. The first kappa shape index (κ1) is 17.0. The number of rotatable bonds is 3. The molecule has 0 saturated heterocycles. The number of sulfone groups is 1. The van der Waals surface area contributed by atoms with Gasteiger partial charge in [-0.15, -0.1) is 0 Å². The van der Waals surface area contributed by atoms with Gasteiger partial charge in [0.25, 0.3) is 0 Å². The van der Waals surface area contributed by atoms with Crippen LogP contribution < -0.4 is 10.9 Å². The second-order valence-corrected chi connectivity index (χ2v) is 7.77. The number of phenols is 2. The number of aromatic hydroxyl groups is 2. The fraction of sp³-hybridized carbons (Fsp3) is 0.250.